The Morgan fingerprint density at radius 2 is 2.00 bits per heavy atom. The Morgan fingerprint density at radius 1 is 1.15 bits per heavy atom. The fourth-order valence-corrected chi connectivity index (χ4v) is 3.15. The zero-order valence-corrected chi connectivity index (χ0v) is 15.1. The number of ether oxygens (including phenoxy) is 2. The monoisotopic (exact) mass is 348 g/mol. The van der Waals surface area contributed by atoms with E-state index in [0.717, 1.165) is 44.8 Å². The maximum absolute atomic E-state index is 12.0. The highest BCUT2D eigenvalue weighted by Gasteiger charge is 2.19. The molecule has 5 heteroatoms. The second-order valence-electron chi connectivity index (χ2n) is 6.68. The zero-order valence-electron chi connectivity index (χ0n) is 15.1. The first-order valence-corrected chi connectivity index (χ1v) is 8.52. The van der Waals surface area contributed by atoms with Gasteiger partial charge in [-0.25, -0.2) is 4.98 Å². The summed E-state index contributed by atoms with van der Waals surface area (Å²) in [5.41, 5.74) is 4.79. The molecule has 2 heterocycles. The molecule has 26 heavy (non-hydrogen) atoms. The van der Waals surface area contributed by atoms with E-state index < -0.39 is 0 Å². The molecule has 0 unspecified atom stereocenters. The number of fused-ring (bicyclic) bond motifs is 2. The summed E-state index contributed by atoms with van der Waals surface area (Å²) in [6.07, 6.45) is 0.390. The topological polar surface area (TPSA) is 51.7 Å². The van der Waals surface area contributed by atoms with Crippen molar-refractivity contribution in [3.05, 3.63) is 53.6 Å². The minimum Gasteiger partial charge on any atom is -0.454 e. The summed E-state index contributed by atoms with van der Waals surface area (Å²) in [6.45, 7) is 2.30. The number of para-hydroxylation sites is 1. The maximum atomic E-state index is 12.0. The molecule has 0 bridgehead atoms. The first kappa shape index (κ1) is 16.4. The number of aromatic nitrogens is 1. The van der Waals surface area contributed by atoms with Gasteiger partial charge >= 0.3 is 0 Å². The largest absolute Gasteiger partial charge is 0.454 e. The Bertz CT molecular complexity index is 1010. The quantitative estimate of drug-likeness (QED) is 0.726. The fraction of sp³-hybridized carbons (Fsp3) is 0.238. The van der Waals surface area contributed by atoms with Crippen LogP contribution in [0.3, 0.4) is 0 Å². The number of hydrogen-bond donors (Lipinski definition) is 0. The van der Waals surface area contributed by atoms with Gasteiger partial charge in [-0.15, -0.1) is 0 Å². The van der Waals surface area contributed by atoms with Gasteiger partial charge in [0.1, 0.15) is 0 Å². The first-order chi connectivity index (χ1) is 12.5. The molecule has 5 nitrogen and oxygen atoms in total. The zero-order chi connectivity index (χ0) is 18.3. The molecule has 1 aromatic heterocycles. The third-order valence-corrected chi connectivity index (χ3v) is 4.61. The Kier molecular flexibility index (Phi) is 3.99. The van der Waals surface area contributed by atoms with Crippen LogP contribution in [0.4, 0.5) is 0 Å². The van der Waals surface area contributed by atoms with E-state index in [-0.39, 0.29) is 12.7 Å². The summed E-state index contributed by atoms with van der Waals surface area (Å²) >= 11 is 0. The third kappa shape index (κ3) is 2.86. The first-order valence-electron chi connectivity index (χ1n) is 8.52. The molecule has 1 aliphatic heterocycles. The lowest BCUT2D eigenvalue weighted by molar-refractivity contribution is -0.127. The lowest BCUT2D eigenvalue weighted by atomic mass is 10.0. The average Bonchev–Trinajstić information content (AvgIpc) is 3.10. The third-order valence-electron chi connectivity index (χ3n) is 4.61. The van der Waals surface area contributed by atoms with Crippen molar-refractivity contribution in [3.8, 4) is 22.8 Å². The van der Waals surface area contributed by atoms with Crippen LogP contribution in [-0.4, -0.2) is 36.7 Å². The smallest absolute Gasteiger partial charge is 0.231 e. The van der Waals surface area contributed by atoms with Gasteiger partial charge in [0.25, 0.3) is 0 Å². The van der Waals surface area contributed by atoms with Crippen LogP contribution in [0.5, 0.6) is 11.5 Å². The van der Waals surface area contributed by atoms with Crippen LogP contribution < -0.4 is 9.47 Å². The Labute approximate surface area is 152 Å². The molecule has 132 valence electrons. The molecule has 4 rings (SSSR count). The predicted octanol–water partition coefficient (Wildman–Crippen LogP) is 3.57. The molecular weight excluding hydrogens is 328 g/mol. The lowest BCUT2D eigenvalue weighted by Crippen LogP contribution is -2.23. The van der Waals surface area contributed by atoms with Gasteiger partial charge in [-0.2, -0.15) is 0 Å². The van der Waals surface area contributed by atoms with E-state index in [1.165, 1.54) is 0 Å². The standard InChI is InChI=1S/C21H20N2O3/c1-13-9-18(15-5-4-6-19-21(15)26-12-25-19)22-17-8-7-14(10-16(13)17)11-20(24)23(2)3/h4-10H,11-12H2,1-3H3. The van der Waals surface area contributed by atoms with Crippen LogP contribution in [0.25, 0.3) is 22.2 Å². The van der Waals surface area contributed by atoms with Gasteiger partial charge in [-0.3, -0.25) is 4.79 Å². The highest BCUT2D eigenvalue weighted by atomic mass is 16.7. The number of carbonyl (C=O) groups is 1. The van der Waals surface area contributed by atoms with E-state index in [9.17, 15) is 4.79 Å². The van der Waals surface area contributed by atoms with Gasteiger partial charge in [0.15, 0.2) is 11.5 Å². The number of aryl methyl sites for hydroxylation is 1. The van der Waals surface area contributed by atoms with E-state index in [2.05, 4.69) is 19.1 Å². The molecular formula is C21H20N2O3. The van der Waals surface area contributed by atoms with Gasteiger partial charge in [0.2, 0.25) is 12.7 Å². The average molecular weight is 348 g/mol. The number of benzene rings is 2. The van der Waals surface area contributed by atoms with Crippen LogP contribution in [0.1, 0.15) is 11.1 Å². The summed E-state index contributed by atoms with van der Waals surface area (Å²) in [5.74, 6) is 1.58. The molecule has 0 radical (unpaired) electrons. The number of nitrogens with zero attached hydrogens (tertiary/aromatic N) is 2. The second-order valence-corrected chi connectivity index (χ2v) is 6.68. The molecule has 3 aromatic rings. The van der Waals surface area contributed by atoms with Crippen molar-refractivity contribution in [2.75, 3.05) is 20.9 Å². The van der Waals surface area contributed by atoms with Gasteiger partial charge in [0, 0.05) is 25.0 Å². The summed E-state index contributed by atoms with van der Waals surface area (Å²) < 4.78 is 11.1. The highest BCUT2D eigenvalue weighted by molar-refractivity contribution is 5.88. The number of rotatable bonds is 3. The summed E-state index contributed by atoms with van der Waals surface area (Å²) in [7, 11) is 3.54. The van der Waals surface area contributed by atoms with Crippen LogP contribution in [0.2, 0.25) is 0 Å². The predicted molar refractivity (Wildman–Crippen MR) is 100 cm³/mol. The number of amides is 1. The van der Waals surface area contributed by atoms with Gasteiger partial charge in [-0.1, -0.05) is 12.1 Å². The van der Waals surface area contributed by atoms with E-state index in [0.29, 0.717) is 6.42 Å². The van der Waals surface area contributed by atoms with Gasteiger partial charge in [0.05, 0.1) is 17.6 Å². The number of pyridine rings is 1. The van der Waals surface area contributed by atoms with Crippen molar-refractivity contribution >= 4 is 16.8 Å². The number of likely N-dealkylation sites (N-methyl/N-ethyl adjacent to an activating group) is 1. The second kappa shape index (κ2) is 6.33. The van der Waals surface area contributed by atoms with Crippen molar-refractivity contribution in [1.82, 2.24) is 9.88 Å². The van der Waals surface area contributed by atoms with E-state index >= 15 is 0 Å². The van der Waals surface area contributed by atoms with E-state index in [1.54, 1.807) is 19.0 Å². The number of hydrogen-bond acceptors (Lipinski definition) is 4. The minimum atomic E-state index is 0.0866. The molecule has 0 saturated heterocycles. The highest BCUT2D eigenvalue weighted by Crippen LogP contribution is 2.41. The molecule has 2 aromatic carbocycles. The van der Waals surface area contributed by atoms with Crippen molar-refractivity contribution < 1.29 is 14.3 Å². The molecule has 1 aliphatic rings. The van der Waals surface area contributed by atoms with Crippen molar-refractivity contribution in [3.63, 3.8) is 0 Å². The molecule has 0 saturated carbocycles. The van der Waals surface area contributed by atoms with Crippen LogP contribution >= 0.6 is 0 Å². The molecule has 0 atom stereocenters. The maximum Gasteiger partial charge on any atom is 0.231 e. The van der Waals surface area contributed by atoms with Crippen molar-refractivity contribution in [1.29, 1.82) is 0 Å². The normalized spacial score (nSPS) is 12.4. The van der Waals surface area contributed by atoms with Crippen molar-refractivity contribution in [2.24, 2.45) is 0 Å². The van der Waals surface area contributed by atoms with Gasteiger partial charge in [-0.05, 0) is 48.4 Å². The molecule has 0 fully saturated rings. The van der Waals surface area contributed by atoms with E-state index in [1.807, 2.05) is 30.3 Å². The minimum absolute atomic E-state index is 0.0866. The van der Waals surface area contributed by atoms with Gasteiger partial charge < -0.3 is 14.4 Å². The molecule has 0 N–H and O–H groups in total. The Hall–Kier alpha value is -3.08. The van der Waals surface area contributed by atoms with Crippen LogP contribution in [-0.2, 0) is 11.2 Å². The SMILES string of the molecule is Cc1cc(-c2cccc3c2OCO3)nc2ccc(CC(=O)N(C)C)cc12. The molecule has 0 spiro atoms. The summed E-state index contributed by atoms with van der Waals surface area (Å²) in [5, 5.41) is 1.06. The summed E-state index contributed by atoms with van der Waals surface area (Å²) in [4.78, 5) is 18.4. The lowest BCUT2D eigenvalue weighted by Gasteiger charge is -2.12. The van der Waals surface area contributed by atoms with Crippen LogP contribution in [0.15, 0.2) is 42.5 Å². The van der Waals surface area contributed by atoms with Crippen molar-refractivity contribution in [2.45, 2.75) is 13.3 Å². The Balaban J connectivity index is 1.76. The number of carbonyl (C=O) groups excluding carboxylic acids is 1. The van der Waals surface area contributed by atoms with E-state index in [4.69, 9.17) is 14.5 Å². The fourth-order valence-electron chi connectivity index (χ4n) is 3.15. The van der Waals surface area contributed by atoms with Crippen LogP contribution in [0, 0.1) is 6.92 Å². The Morgan fingerprint density at radius 3 is 2.81 bits per heavy atom. The molecule has 0 aliphatic carbocycles. The summed E-state index contributed by atoms with van der Waals surface area (Å²) in [6, 6.07) is 13.9. The molecule has 1 amide bonds.